The van der Waals surface area contributed by atoms with Gasteiger partial charge in [0.2, 0.25) is 5.13 Å². The van der Waals surface area contributed by atoms with Crippen molar-refractivity contribution >= 4 is 23.4 Å². The van der Waals surface area contributed by atoms with E-state index in [1.165, 1.54) is 60.9 Å². The van der Waals surface area contributed by atoms with Gasteiger partial charge in [0.1, 0.15) is 11.6 Å². The molecule has 216 valence electrons. The number of benzene rings is 1. The average molecular weight is 565 g/mol. The summed E-state index contributed by atoms with van der Waals surface area (Å²) in [6.07, 6.45) is 12.8. The Kier molecular flexibility index (Phi) is 12.9. The van der Waals surface area contributed by atoms with Gasteiger partial charge in [-0.1, -0.05) is 103 Å². The molecule has 2 aromatic heterocycles. The Labute approximate surface area is 242 Å². The highest BCUT2D eigenvalue weighted by molar-refractivity contribution is 7.08. The molecule has 2 heterocycles. The Bertz CT molecular complexity index is 1200. The molecule has 40 heavy (non-hydrogen) atoms. The Hall–Kier alpha value is -3.45. The summed E-state index contributed by atoms with van der Waals surface area (Å²) in [5.74, 6) is 2.31. The van der Waals surface area contributed by atoms with Crippen LogP contribution >= 0.6 is 11.5 Å². The van der Waals surface area contributed by atoms with Crippen LogP contribution in [-0.2, 0) is 0 Å². The lowest BCUT2D eigenvalue weighted by molar-refractivity contribution is 0.235. The van der Waals surface area contributed by atoms with Gasteiger partial charge in [-0.2, -0.15) is 24.4 Å². The number of hydrazine groups is 1. The van der Waals surface area contributed by atoms with E-state index in [0.29, 0.717) is 28.3 Å². The largest absolute Gasteiger partial charge is 0.334 e. The molecule has 0 bridgehead atoms. The molecule has 0 spiro atoms. The lowest BCUT2D eigenvalue weighted by Gasteiger charge is -2.22. The van der Waals surface area contributed by atoms with Gasteiger partial charge >= 0.3 is 6.03 Å². The zero-order valence-corrected chi connectivity index (χ0v) is 25.1. The summed E-state index contributed by atoms with van der Waals surface area (Å²) in [7, 11) is 0. The summed E-state index contributed by atoms with van der Waals surface area (Å²) in [5, 5.41) is 17.6. The fraction of sp³-hybridized carbons (Fsp3) is 0.567. The molecule has 9 nitrogen and oxygen atoms in total. The van der Waals surface area contributed by atoms with Crippen LogP contribution in [0, 0.1) is 23.2 Å². The van der Waals surface area contributed by atoms with Gasteiger partial charge in [-0.3, -0.25) is 10.9 Å². The predicted octanol–water partition coefficient (Wildman–Crippen LogP) is 7.47. The zero-order valence-electron chi connectivity index (χ0n) is 24.3. The van der Waals surface area contributed by atoms with Gasteiger partial charge in [0, 0.05) is 23.1 Å². The third-order valence-corrected chi connectivity index (χ3v) is 7.91. The summed E-state index contributed by atoms with van der Waals surface area (Å²) in [6, 6.07) is 11.6. The number of amides is 2. The molecule has 3 unspecified atom stereocenters. The third kappa shape index (κ3) is 9.63. The third-order valence-electron chi connectivity index (χ3n) is 7.22. The molecule has 0 saturated carbocycles. The topological polar surface area (TPSA) is 121 Å². The molecule has 0 radical (unpaired) electrons. The van der Waals surface area contributed by atoms with Crippen LogP contribution < -0.4 is 16.2 Å². The van der Waals surface area contributed by atoms with Crippen molar-refractivity contribution in [1.29, 1.82) is 5.26 Å². The van der Waals surface area contributed by atoms with E-state index < -0.39 is 0 Å². The molecule has 0 saturated heterocycles. The minimum Gasteiger partial charge on any atom is -0.334 e. The second kappa shape index (κ2) is 16.6. The quantitative estimate of drug-likeness (QED) is 0.115. The summed E-state index contributed by atoms with van der Waals surface area (Å²) in [5.41, 5.74) is 6.81. The number of nitrogens with zero attached hydrogens (tertiary/aromatic N) is 5. The highest BCUT2D eigenvalue weighted by Crippen LogP contribution is 2.24. The molecule has 10 heteroatoms. The molecular formula is C30H44N8OS. The van der Waals surface area contributed by atoms with Gasteiger partial charge in [0.05, 0.1) is 6.20 Å². The van der Waals surface area contributed by atoms with E-state index >= 15 is 0 Å². The molecule has 2 amide bonds. The standard InChI is InChI=1S/C30H44N8OS/c1-5-12-22(3)14-10-11-17-26(19-18-23(4)13-6-2)33-29(39)36-35-28-25(20-31)21-32-38(28)30-34-27(37-40-30)24-15-8-7-9-16-24/h7-9,15-16,21-23,26,35H,5-6,10-14,17-19H2,1-4H3,(H2,33,36,39). The van der Waals surface area contributed by atoms with E-state index in [4.69, 9.17) is 0 Å². The first-order valence-electron chi connectivity index (χ1n) is 14.6. The normalized spacial score (nSPS) is 13.3. The molecule has 3 rings (SSSR count). The molecule has 0 fully saturated rings. The molecule has 1 aromatic carbocycles. The SMILES string of the molecule is CCCC(C)CCCCC(CCC(C)CCC)NC(=O)NNc1c(C#N)cnn1-c1nc(-c2ccccc2)ns1. The van der Waals surface area contributed by atoms with E-state index in [1.54, 1.807) is 0 Å². The van der Waals surface area contributed by atoms with Crippen LogP contribution in [0.5, 0.6) is 0 Å². The first-order valence-corrected chi connectivity index (χ1v) is 15.4. The van der Waals surface area contributed by atoms with Crippen molar-refractivity contribution < 1.29 is 4.79 Å². The van der Waals surface area contributed by atoms with Crippen LogP contribution in [0.25, 0.3) is 16.5 Å². The van der Waals surface area contributed by atoms with Crippen LogP contribution in [0.1, 0.15) is 97.5 Å². The highest BCUT2D eigenvalue weighted by atomic mass is 32.1. The van der Waals surface area contributed by atoms with Gasteiger partial charge in [0.25, 0.3) is 0 Å². The fourth-order valence-electron chi connectivity index (χ4n) is 4.97. The minimum absolute atomic E-state index is 0.0968. The Morgan fingerprint density at radius 2 is 1.70 bits per heavy atom. The van der Waals surface area contributed by atoms with Crippen LogP contribution in [0.2, 0.25) is 0 Å². The van der Waals surface area contributed by atoms with E-state index in [9.17, 15) is 10.1 Å². The number of carbonyl (C=O) groups excluding carboxylic acids is 1. The van der Waals surface area contributed by atoms with E-state index in [0.717, 1.165) is 37.2 Å². The van der Waals surface area contributed by atoms with Crippen molar-refractivity contribution in [3.8, 4) is 22.6 Å². The lowest BCUT2D eigenvalue weighted by atomic mass is 9.93. The van der Waals surface area contributed by atoms with Gasteiger partial charge in [-0.05, 0) is 31.1 Å². The van der Waals surface area contributed by atoms with E-state index in [-0.39, 0.29) is 12.1 Å². The number of carbonyl (C=O) groups is 1. The van der Waals surface area contributed by atoms with Crippen molar-refractivity contribution in [1.82, 2.24) is 29.9 Å². The monoisotopic (exact) mass is 564 g/mol. The molecule has 3 aromatic rings. The maximum absolute atomic E-state index is 13.0. The second-order valence-corrected chi connectivity index (χ2v) is 11.5. The first kappa shape index (κ1) is 31.1. The number of anilines is 1. The molecule has 0 aliphatic heterocycles. The van der Waals surface area contributed by atoms with Crippen LogP contribution in [0.15, 0.2) is 36.5 Å². The maximum atomic E-state index is 13.0. The van der Waals surface area contributed by atoms with Crippen LogP contribution in [0.4, 0.5) is 10.6 Å². The first-order chi connectivity index (χ1) is 19.4. The number of unbranched alkanes of at least 4 members (excludes halogenated alkanes) is 1. The number of nitrogens with one attached hydrogen (secondary N) is 3. The lowest BCUT2D eigenvalue weighted by Crippen LogP contribution is -2.45. The molecule has 3 N–H and O–H groups in total. The van der Waals surface area contributed by atoms with Gasteiger partial charge in [-0.15, -0.1) is 0 Å². The number of urea groups is 1. The Morgan fingerprint density at radius 1 is 1.00 bits per heavy atom. The average Bonchev–Trinajstić information content (AvgIpc) is 3.60. The Balaban J connectivity index is 1.61. The summed E-state index contributed by atoms with van der Waals surface area (Å²) in [6.45, 7) is 9.07. The van der Waals surface area contributed by atoms with E-state index in [2.05, 4.69) is 64.4 Å². The molecular weight excluding hydrogens is 520 g/mol. The van der Waals surface area contributed by atoms with Crippen molar-refractivity contribution in [2.24, 2.45) is 11.8 Å². The summed E-state index contributed by atoms with van der Waals surface area (Å²) < 4.78 is 5.93. The second-order valence-electron chi connectivity index (χ2n) is 10.8. The summed E-state index contributed by atoms with van der Waals surface area (Å²) in [4.78, 5) is 17.5. The Morgan fingerprint density at radius 3 is 2.40 bits per heavy atom. The summed E-state index contributed by atoms with van der Waals surface area (Å²) >= 11 is 1.17. The smallest absolute Gasteiger partial charge is 0.333 e. The highest BCUT2D eigenvalue weighted by Gasteiger charge is 2.19. The predicted molar refractivity (Wildman–Crippen MR) is 162 cm³/mol. The maximum Gasteiger partial charge on any atom is 0.333 e. The van der Waals surface area contributed by atoms with Crippen molar-refractivity contribution in [3.05, 3.63) is 42.1 Å². The number of aromatic nitrogens is 4. The number of nitriles is 1. The van der Waals surface area contributed by atoms with Crippen molar-refractivity contribution in [2.75, 3.05) is 5.43 Å². The minimum atomic E-state index is -0.327. The van der Waals surface area contributed by atoms with Gasteiger partial charge in [0.15, 0.2) is 11.6 Å². The number of rotatable bonds is 17. The zero-order chi connectivity index (χ0) is 28.7. The van der Waals surface area contributed by atoms with Gasteiger partial charge in [-0.25, -0.2) is 4.79 Å². The number of hydrogen-bond acceptors (Lipinski definition) is 7. The van der Waals surface area contributed by atoms with Crippen LogP contribution in [0.3, 0.4) is 0 Å². The fourth-order valence-corrected chi connectivity index (χ4v) is 5.63. The number of hydrogen-bond donors (Lipinski definition) is 3. The van der Waals surface area contributed by atoms with Gasteiger partial charge < -0.3 is 5.32 Å². The molecule has 3 atom stereocenters. The molecule has 0 aliphatic rings. The van der Waals surface area contributed by atoms with Crippen molar-refractivity contribution in [2.45, 2.75) is 97.9 Å². The molecule has 0 aliphatic carbocycles. The van der Waals surface area contributed by atoms with E-state index in [1.807, 2.05) is 30.3 Å². The van der Waals surface area contributed by atoms with Crippen LogP contribution in [-0.4, -0.2) is 31.2 Å². The van der Waals surface area contributed by atoms with Crippen molar-refractivity contribution in [3.63, 3.8) is 0 Å².